The highest BCUT2D eigenvalue weighted by atomic mass is 19.1. The van der Waals surface area contributed by atoms with Crippen LogP contribution in [0.3, 0.4) is 0 Å². The summed E-state index contributed by atoms with van der Waals surface area (Å²) in [6, 6.07) is 6.13. The van der Waals surface area contributed by atoms with Crippen LogP contribution in [0.4, 0.5) is 10.1 Å². The minimum absolute atomic E-state index is 0.0809. The molecule has 1 heterocycles. The van der Waals surface area contributed by atoms with Crippen LogP contribution in [0.15, 0.2) is 18.2 Å². The molecule has 0 bridgehead atoms. The molecule has 1 aliphatic rings. The molecule has 0 aromatic heterocycles. The molecule has 1 aromatic rings. The normalized spacial score (nSPS) is 19.6. The van der Waals surface area contributed by atoms with Crippen molar-refractivity contribution in [2.45, 2.75) is 52.6 Å². The Morgan fingerprint density at radius 3 is 2.80 bits per heavy atom. The Labute approximate surface area is 122 Å². The minimum Gasteiger partial charge on any atom is -0.366 e. The smallest absolute Gasteiger partial charge is 0.146 e. The highest BCUT2D eigenvalue weighted by molar-refractivity contribution is 5.50. The second-order valence-corrected chi connectivity index (χ2v) is 6.35. The van der Waals surface area contributed by atoms with Crippen molar-refractivity contribution >= 4 is 5.69 Å². The molecule has 1 aromatic carbocycles. The van der Waals surface area contributed by atoms with Crippen LogP contribution in [0.1, 0.15) is 45.6 Å². The van der Waals surface area contributed by atoms with E-state index in [-0.39, 0.29) is 5.82 Å². The molecule has 1 atom stereocenters. The Kier molecular flexibility index (Phi) is 5.41. The number of hydrogen-bond acceptors (Lipinski definition) is 2. The van der Waals surface area contributed by atoms with E-state index in [9.17, 15) is 4.39 Å². The van der Waals surface area contributed by atoms with E-state index >= 15 is 0 Å². The Morgan fingerprint density at radius 2 is 2.15 bits per heavy atom. The molecule has 20 heavy (non-hydrogen) atoms. The molecule has 0 spiro atoms. The standard InChI is InChI=1S/C17H27FN2/c1-13(2)11-19-12-15-7-8-17(16(18)10-15)20-9-5-4-6-14(20)3/h7-8,10,13-14,19H,4-6,9,11-12H2,1-3H3. The van der Waals surface area contributed by atoms with Crippen LogP contribution in [-0.4, -0.2) is 19.1 Å². The molecule has 0 amide bonds. The zero-order valence-electron chi connectivity index (χ0n) is 13.0. The van der Waals surface area contributed by atoms with Crippen LogP contribution in [0.2, 0.25) is 0 Å². The van der Waals surface area contributed by atoms with Crippen LogP contribution < -0.4 is 10.2 Å². The Hall–Kier alpha value is -1.09. The van der Waals surface area contributed by atoms with Crippen LogP contribution in [0, 0.1) is 11.7 Å². The van der Waals surface area contributed by atoms with Crippen LogP contribution in [-0.2, 0) is 6.54 Å². The lowest BCUT2D eigenvalue weighted by atomic mass is 10.0. The summed E-state index contributed by atoms with van der Waals surface area (Å²) in [5.41, 5.74) is 1.79. The lowest BCUT2D eigenvalue weighted by molar-refractivity contribution is 0.475. The number of benzene rings is 1. The van der Waals surface area contributed by atoms with E-state index in [0.29, 0.717) is 12.0 Å². The van der Waals surface area contributed by atoms with Gasteiger partial charge in [0.25, 0.3) is 0 Å². The van der Waals surface area contributed by atoms with Gasteiger partial charge >= 0.3 is 0 Å². The van der Waals surface area contributed by atoms with E-state index in [1.165, 1.54) is 12.8 Å². The summed E-state index contributed by atoms with van der Waals surface area (Å²) in [7, 11) is 0. The van der Waals surface area contributed by atoms with Gasteiger partial charge in [-0.2, -0.15) is 0 Å². The molecular weight excluding hydrogens is 251 g/mol. The van der Waals surface area contributed by atoms with Gasteiger partial charge in [-0.1, -0.05) is 19.9 Å². The molecular formula is C17H27FN2. The van der Waals surface area contributed by atoms with Crippen LogP contribution in [0.5, 0.6) is 0 Å². The van der Waals surface area contributed by atoms with Gasteiger partial charge in [0.15, 0.2) is 0 Å². The second-order valence-electron chi connectivity index (χ2n) is 6.35. The van der Waals surface area contributed by atoms with Crippen molar-refractivity contribution in [1.82, 2.24) is 5.32 Å². The van der Waals surface area contributed by atoms with Gasteiger partial charge in [-0.15, -0.1) is 0 Å². The zero-order valence-corrected chi connectivity index (χ0v) is 13.0. The van der Waals surface area contributed by atoms with Crippen LogP contribution >= 0.6 is 0 Å². The van der Waals surface area contributed by atoms with Crippen LogP contribution in [0.25, 0.3) is 0 Å². The lowest BCUT2D eigenvalue weighted by Gasteiger charge is -2.35. The van der Waals surface area contributed by atoms with E-state index in [1.807, 2.05) is 12.1 Å². The topological polar surface area (TPSA) is 15.3 Å². The molecule has 0 aliphatic carbocycles. The molecule has 112 valence electrons. The van der Waals surface area contributed by atoms with Crippen molar-refractivity contribution in [1.29, 1.82) is 0 Å². The summed E-state index contributed by atoms with van der Waals surface area (Å²) in [6.07, 6.45) is 3.59. The van der Waals surface area contributed by atoms with E-state index in [1.54, 1.807) is 6.07 Å². The molecule has 1 fully saturated rings. The molecule has 2 nitrogen and oxygen atoms in total. The first-order valence-electron chi connectivity index (χ1n) is 7.83. The fourth-order valence-electron chi connectivity index (χ4n) is 2.85. The number of nitrogens with one attached hydrogen (secondary N) is 1. The average Bonchev–Trinajstić information content (AvgIpc) is 2.40. The van der Waals surface area contributed by atoms with E-state index in [4.69, 9.17) is 0 Å². The third kappa shape index (κ3) is 3.95. The predicted molar refractivity (Wildman–Crippen MR) is 83.6 cm³/mol. The summed E-state index contributed by atoms with van der Waals surface area (Å²) in [5.74, 6) is 0.538. The van der Waals surface area contributed by atoms with Gasteiger partial charge in [0.05, 0.1) is 5.69 Å². The molecule has 1 saturated heterocycles. The number of rotatable bonds is 5. The lowest BCUT2D eigenvalue weighted by Crippen LogP contribution is -2.38. The van der Waals surface area contributed by atoms with Crippen molar-refractivity contribution in [3.05, 3.63) is 29.6 Å². The first kappa shape index (κ1) is 15.3. The molecule has 1 unspecified atom stereocenters. The van der Waals surface area contributed by atoms with Crippen molar-refractivity contribution in [3.8, 4) is 0 Å². The number of nitrogens with zero attached hydrogens (tertiary/aromatic N) is 1. The molecule has 0 radical (unpaired) electrons. The Bertz CT molecular complexity index is 431. The van der Waals surface area contributed by atoms with E-state index in [0.717, 1.165) is 37.3 Å². The summed E-state index contributed by atoms with van der Waals surface area (Å²) >= 11 is 0. The van der Waals surface area contributed by atoms with Gasteiger partial charge in [-0.3, -0.25) is 0 Å². The highest BCUT2D eigenvalue weighted by Gasteiger charge is 2.21. The third-order valence-corrected chi connectivity index (χ3v) is 4.01. The fourth-order valence-corrected chi connectivity index (χ4v) is 2.85. The highest BCUT2D eigenvalue weighted by Crippen LogP contribution is 2.27. The summed E-state index contributed by atoms with van der Waals surface area (Å²) in [6.45, 7) is 9.22. The fraction of sp³-hybridized carbons (Fsp3) is 0.647. The molecule has 1 N–H and O–H groups in total. The maximum atomic E-state index is 14.3. The van der Waals surface area contributed by atoms with Crippen molar-refractivity contribution in [3.63, 3.8) is 0 Å². The quantitative estimate of drug-likeness (QED) is 0.877. The zero-order chi connectivity index (χ0) is 14.5. The summed E-state index contributed by atoms with van der Waals surface area (Å²) < 4.78 is 14.3. The Morgan fingerprint density at radius 1 is 1.35 bits per heavy atom. The van der Waals surface area contributed by atoms with Gasteiger partial charge in [0, 0.05) is 19.1 Å². The van der Waals surface area contributed by atoms with Crippen molar-refractivity contribution in [2.75, 3.05) is 18.0 Å². The van der Waals surface area contributed by atoms with Crippen molar-refractivity contribution in [2.24, 2.45) is 5.92 Å². The van der Waals surface area contributed by atoms with Gasteiger partial charge < -0.3 is 10.2 Å². The van der Waals surface area contributed by atoms with Gasteiger partial charge in [0.2, 0.25) is 0 Å². The van der Waals surface area contributed by atoms with Gasteiger partial charge in [-0.25, -0.2) is 4.39 Å². The molecule has 2 rings (SSSR count). The largest absolute Gasteiger partial charge is 0.366 e. The number of piperidine rings is 1. The van der Waals surface area contributed by atoms with Gasteiger partial charge in [0.1, 0.15) is 5.82 Å². The van der Waals surface area contributed by atoms with E-state index in [2.05, 4.69) is 31.0 Å². The second kappa shape index (κ2) is 7.07. The van der Waals surface area contributed by atoms with Crippen molar-refractivity contribution < 1.29 is 4.39 Å². The first-order chi connectivity index (χ1) is 9.58. The average molecular weight is 278 g/mol. The Balaban J connectivity index is 2.01. The third-order valence-electron chi connectivity index (χ3n) is 4.01. The van der Waals surface area contributed by atoms with Gasteiger partial charge in [-0.05, 0) is 56.3 Å². The molecule has 1 aliphatic heterocycles. The molecule has 3 heteroatoms. The first-order valence-corrected chi connectivity index (χ1v) is 7.83. The number of halogens is 1. The predicted octanol–water partition coefficient (Wildman–Crippen LogP) is 3.95. The summed E-state index contributed by atoms with van der Waals surface area (Å²) in [4.78, 5) is 2.21. The maximum absolute atomic E-state index is 14.3. The number of hydrogen-bond donors (Lipinski definition) is 1. The minimum atomic E-state index is -0.0809. The maximum Gasteiger partial charge on any atom is 0.146 e. The molecule has 0 saturated carbocycles. The summed E-state index contributed by atoms with van der Waals surface area (Å²) in [5, 5.41) is 3.36. The SMILES string of the molecule is CC(C)CNCc1ccc(N2CCCCC2C)c(F)c1. The van der Waals surface area contributed by atoms with E-state index < -0.39 is 0 Å². The monoisotopic (exact) mass is 278 g/mol. The number of anilines is 1.